The Morgan fingerprint density at radius 1 is 1.04 bits per heavy atom. The highest BCUT2D eigenvalue weighted by molar-refractivity contribution is 14.1. The number of amides is 2. The maximum absolute atomic E-state index is 15.1. The summed E-state index contributed by atoms with van der Waals surface area (Å²) in [6.45, 7) is 9.56. The normalized spacial score (nSPS) is 25.8. The van der Waals surface area contributed by atoms with E-state index in [2.05, 4.69) is 4.74 Å². The van der Waals surface area contributed by atoms with E-state index in [1.165, 1.54) is 0 Å². The highest BCUT2D eigenvalue weighted by atomic mass is 127. The van der Waals surface area contributed by atoms with Crippen molar-refractivity contribution < 1.29 is 33.0 Å². The van der Waals surface area contributed by atoms with Crippen molar-refractivity contribution in [2.24, 2.45) is 0 Å². The number of ether oxygens (including phenoxy) is 3. The Labute approximate surface area is 160 Å². The molecule has 0 aliphatic heterocycles. The van der Waals surface area contributed by atoms with E-state index in [4.69, 9.17) is 9.47 Å². The van der Waals surface area contributed by atoms with Gasteiger partial charge in [-0.3, -0.25) is 0 Å². The number of imide groups is 1. The summed E-state index contributed by atoms with van der Waals surface area (Å²) in [5.41, 5.74) is -6.10. The first-order chi connectivity index (χ1) is 11.1. The first-order valence-electron chi connectivity index (χ1n) is 7.73. The van der Waals surface area contributed by atoms with Crippen LogP contribution in [0.1, 0.15) is 48.0 Å². The monoisotopic (exact) mass is 473 g/mol. The topological polar surface area (TPSA) is 82.1 Å². The van der Waals surface area contributed by atoms with Crippen LogP contribution in [-0.2, 0) is 19.0 Å². The number of alkyl halides is 2. The molecule has 0 spiro atoms. The van der Waals surface area contributed by atoms with Gasteiger partial charge in [0, 0.05) is 10.8 Å². The van der Waals surface area contributed by atoms with Crippen LogP contribution in [0, 0.1) is 0 Å². The summed E-state index contributed by atoms with van der Waals surface area (Å²) < 4.78 is 30.0. The van der Waals surface area contributed by atoms with Crippen molar-refractivity contribution in [2.45, 2.75) is 70.4 Å². The van der Waals surface area contributed by atoms with Crippen LogP contribution in [0.5, 0.6) is 0 Å². The molecule has 25 heavy (non-hydrogen) atoms. The molecule has 1 rings (SSSR count). The molecule has 0 radical (unpaired) electrons. The average Bonchev–Trinajstić information content (AvgIpc) is 3.01. The van der Waals surface area contributed by atoms with Crippen molar-refractivity contribution >= 4 is 40.7 Å². The van der Waals surface area contributed by atoms with Crippen LogP contribution in [0.15, 0.2) is 0 Å². The third-order valence-corrected chi connectivity index (χ3v) is 4.63. The smallest absolute Gasteiger partial charge is 0.420 e. The molecule has 0 aromatic rings. The van der Waals surface area contributed by atoms with E-state index in [-0.39, 0.29) is 10.8 Å². The van der Waals surface area contributed by atoms with E-state index in [1.807, 2.05) is 0 Å². The minimum absolute atomic E-state index is 0.109. The van der Waals surface area contributed by atoms with E-state index in [1.54, 1.807) is 64.1 Å². The Morgan fingerprint density at radius 2 is 1.44 bits per heavy atom. The van der Waals surface area contributed by atoms with Gasteiger partial charge in [-0.15, -0.1) is 0 Å². The number of nitrogens with zero attached hydrogens (tertiary/aromatic N) is 1. The van der Waals surface area contributed by atoms with Gasteiger partial charge in [0.05, 0.1) is 7.11 Å². The Balaban J connectivity index is 3.37. The molecule has 0 aromatic carbocycles. The number of hydrogen-bond acceptors (Lipinski definition) is 6. The van der Waals surface area contributed by atoms with Gasteiger partial charge in [-0.2, -0.15) is 4.90 Å². The van der Waals surface area contributed by atoms with Crippen LogP contribution in [0.3, 0.4) is 0 Å². The molecule has 1 aliphatic carbocycles. The third-order valence-electron chi connectivity index (χ3n) is 3.42. The van der Waals surface area contributed by atoms with Crippen molar-refractivity contribution in [1.82, 2.24) is 4.90 Å². The second-order valence-electron chi connectivity index (χ2n) is 7.92. The summed E-state index contributed by atoms with van der Waals surface area (Å²) in [6, 6.07) is 0. The summed E-state index contributed by atoms with van der Waals surface area (Å²) in [7, 11) is 1.07. The number of halogens is 2. The molecule has 0 heterocycles. The first-order valence-corrected chi connectivity index (χ1v) is 9.25. The zero-order valence-corrected chi connectivity index (χ0v) is 17.7. The molecule has 2 amide bonds. The second-order valence-corrected chi connectivity index (χ2v) is 8.69. The van der Waals surface area contributed by atoms with Gasteiger partial charge in [-0.05, 0) is 41.5 Å². The van der Waals surface area contributed by atoms with E-state index in [0.29, 0.717) is 4.90 Å². The number of carbonyl (C=O) groups is 3. The quantitative estimate of drug-likeness (QED) is 0.270. The average molecular weight is 473 g/mol. The van der Waals surface area contributed by atoms with Gasteiger partial charge in [0.15, 0.2) is 11.2 Å². The fourth-order valence-corrected chi connectivity index (χ4v) is 3.22. The maximum Gasteiger partial charge on any atom is 0.420 e. The number of carbonyl (C=O) groups excluding carboxylic acids is 3. The minimum Gasteiger partial charge on any atom is -0.467 e. The molecule has 0 bridgehead atoms. The predicted octanol–water partition coefficient (Wildman–Crippen LogP) is 3.62. The SMILES string of the molecule is COC(=O)[C@]1(N(C(=O)OC(C)(C)C)C(=O)OC(C)(C)C)C[C@@]1(F)CI. The van der Waals surface area contributed by atoms with E-state index in [0.717, 1.165) is 7.11 Å². The summed E-state index contributed by atoms with van der Waals surface area (Å²) >= 11 is 1.75. The van der Waals surface area contributed by atoms with Crippen molar-refractivity contribution in [2.75, 3.05) is 11.5 Å². The van der Waals surface area contributed by atoms with Gasteiger partial charge in [0.2, 0.25) is 0 Å². The predicted molar refractivity (Wildman–Crippen MR) is 96.4 cm³/mol. The zero-order valence-electron chi connectivity index (χ0n) is 15.6. The molecule has 7 nitrogen and oxygen atoms in total. The van der Waals surface area contributed by atoms with Gasteiger partial charge in [0.1, 0.15) is 11.2 Å². The molecule has 9 heteroatoms. The second kappa shape index (κ2) is 6.88. The molecule has 0 N–H and O–H groups in total. The highest BCUT2D eigenvalue weighted by Gasteiger charge is 2.80. The van der Waals surface area contributed by atoms with E-state index >= 15 is 4.39 Å². The number of hydrogen-bond donors (Lipinski definition) is 0. The van der Waals surface area contributed by atoms with Gasteiger partial charge in [-0.25, -0.2) is 18.8 Å². The summed E-state index contributed by atoms with van der Waals surface area (Å²) in [5.74, 6) is -1.02. The fourth-order valence-electron chi connectivity index (χ4n) is 2.32. The summed E-state index contributed by atoms with van der Waals surface area (Å²) in [4.78, 5) is 38.0. The maximum atomic E-state index is 15.1. The molecule has 0 unspecified atom stereocenters. The Hall–Kier alpha value is -1.13. The standard InChI is InChI=1S/C16H25FINO6/c1-13(2,3)24-11(21)19(12(22)25-14(4,5)6)16(10(20)23-7)8-15(16,17)9-18/h8-9H2,1-7H3/t15-,16-/m1/s1. The number of methoxy groups -OCH3 is 1. The van der Waals surface area contributed by atoms with Crippen LogP contribution in [-0.4, -0.2) is 57.0 Å². The van der Waals surface area contributed by atoms with Gasteiger partial charge in [0.25, 0.3) is 0 Å². The Morgan fingerprint density at radius 3 is 1.68 bits per heavy atom. The number of esters is 1. The molecule has 1 aliphatic rings. The van der Waals surface area contributed by atoms with Crippen LogP contribution < -0.4 is 0 Å². The van der Waals surface area contributed by atoms with Crippen molar-refractivity contribution in [1.29, 1.82) is 0 Å². The van der Waals surface area contributed by atoms with Crippen LogP contribution in [0.25, 0.3) is 0 Å². The first kappa shape index (κ1) is 21.9. The molecular weight excluding hydrogens is 448 g/mol. The largest absolute Gasteiger partial charge is 0.467 e. The zero-order chi connectivity index (χ0) is 19.8. The van der Waals surface area contributed by atoms with Crippen LogP contribution >= 0.6 is 22.6 Å². The van der Waals surface area contributed by atoms with E-state index in [9.17, 15) is 14.4 Å². The van der Waals surface area contributed by atoms with Crippen molar-refractivity contribution in [3.63, 3.8) is 0 Å². The molecule has 0 saturated heterocycles. The van der Waals surface area contributed by atoms with Gasteiger partial charge < -0.3 is 14.2 Å². The molecule has 1 fully saturated rings. The lowest BCUT2D eigenvalue weighted by molar-refractivity contribution is -0.150. The van der Waals surface area contributed by atoms with Crippen molar-refractivity contribution in [3.8, 4) is 0 Å². The Bertz CT molecular complexity index is 542. The lowest BCUT2D eigenvalue weighted by atomic mass is 10.1. The number of rotatable bonds is 3. The fraction of sp³-hybridized carbons (Fsp3) is 0.812. The molecular formula is C16H25FINO6. The van der Waals surface area contributed by atoms with Crippen LogP contribution in [0.2, 0.25) is 0 Å². The third kappa shape index (κ3) is 4.53. The Kier molecular flexibility index (Phi) is 6.03. The molecule has 1 saturated carbocycles. The van der Waals surface area contributed by atoms with E-state index < -0.39 is 40.6 Å². The van der Waals surface area contributed by atoms with Crippen LogP contribution in [0.4, 0.5) is 14.0 Å². The minimum atomic E-state index is -2.10. The van der Waals surface area contributed by atoms with Crippen molar-refractivity contribution in [3.05, 3.63) is 0 Å². The van der Waals surface area contributed by atoms with Gasteiger partial charge in [-0.1, -0.05) is 22.6 Å². The molecule has 144 valence electrons. The summed E-state index contributed by atoms with van der Waals surface area (Å²) in [5, 5.41) is 0. The lowest BCUT2D eigenvalue weighted by Gasteiger charge is -2.33. The molecule has 0 aromatic heterocycles. The summed E-state index contributed by atoms with van der Waals surface area (Å²) in [6.07, 6.45) is -2.68. The highest BCUT2D eigenvalue weighted by Crippen LogP contribution is 2.57. The lowest BCUT2D eigenvalue weighted by Crippen LogP contribution is -2.57. The molecule has 2 atom stereocenters. The van der Waals surface area contributed by atoms with Gasteiger partial charge >= 0.3 is 18.2 Å².